The van der Waals surface area contributed by atoms with Crippen molar-refractivity contribution in [2.45, 2.75) is 18.6 Å². The van der Waals surface area contributed by atoms with Crippen molar-refractivity contribution in [2.24, 2.45) is 5.73 Å². The molecule has 0 radical (unpaired) electrons. The molecule has 1 aromatic carbocycles. The van der Waals surface area contributed by atoms with Crippen LogP contribution >= 0.6 is 22.9 Å². The zero-order valence-electron chi connectivity index (χ0n) is 9.83. The molecular formula is C12H10ClF3N2S. The Kier molecular flexibility index (Phi) is 3.59. The van der Waals surface area contributed by atoms with Crippen LogP contribution in [-0.2, 0) is 11.7 Å². The van der Waals surface area contributed by atoms with Crippen LogP contribution in [0.15, 0.2) is 30.5 Å². The molecule has 2 nitrogen and oxygen atoms in total. The molecule has 0 saturated heterocycles. The van der Waals surface area contributed by atoms with Gasteiger partial charge in [-0.1, -0.05) is 23.7 Å². The monoisotopic (exact) mass is 306 g/mol. The molecular weight excluding hydrogens is 297 g/mol. The van der Waals surface area contributed by atoms with Gasteiger partial charge in [0.1, 0.15) is 0 Å². The highest BCUT2D eigenvalue weighted by Gasteiger charge is 2.37. The Balaban J connectivity index is 2.42. The van der Waals surface area contributed by atoms with Gasteiger partial charge < -0.3 is 5.73 Å². The van der Waals surface area contributed by atoms with Crippen molar-refractivity contribution in [2.75, 3.05) is 0 Å². The number of rotatable bonds is 2. The third-order valence-electron chi connectivity index (χ3n) is 2.68. The number of nitrogens with zero attached hydrogens (tertiary/aromatic N) is 1. The Labute approximate surface area is 117 Å². The topological polar surface area (TPSA) is 38.9 Å². The van der Waals surface area contributed by atoms with Gasteiger partial charge in [0.2, 0.25) is 0 Å². The molecule has 0 fully saturated rings. The summed E-state index contributed by atoms with van der Waals surface area (Å²) in [6.45, 7) is 1.63. The van der Waals surface area contributed by atoms with E-state index in [9.17, 15) is 13.2 Å². The maximum Gasteiger partial charge on any atom is 0.443 e. The van der Waals surface area contributed by atoms with Gasteiger partial charge in [0.05, 0.1) is 5.54 Å². The van der Waals surface area contributed by atoms with Gasteiger partial charge in [-0.05, 0) is 24.6 Å². The van der Waals surface area contributed by atoms with Crippen LogP contribution < -0.4 is 5.73 Å². The molecule has 7 heteroatoms. The van der Waals surface area contributed by atoms with Crippen molar-refractivity contribution in [3.05, 3.63) is 50.9 Å². The minimum Gasteiger partial charge on any atom is -0.317 e. The molecule has 1 heterocycles. The van der Waals surface area contributed by atoms with Gasteiger partial charge >= 0.3 is 6.18 Å². The van der Waals surface area contributed by atoms with Crippen molar-refractivity contribution in [1.29, 1.82) is 0 Å². The summed E-state index contributed by atoms with van der Waals surface area (Å²) in [6.07, 6.45) is -3.29. The van der Waals surface area contributed by atoms with Crippen LogP contribution in [0.1, 0.15) is 22.4 Å². The molecule has 2 aromatic rings. The SMILES string of the molecule is CC(N)(c1cccc(Cl)c1)c1cnc(C(F)(F)F)s1. The van der Waals surface area contributed by atoms with E-state index in [1.807, 2.05) is 0 Å². The Bertz CT molecular complexity index is 593. The van der Waals surface area contributed by atoms with E-state index >= 15 is 0 Å². The van der Waals surface area contributed by atoms with Crippen LogP contribution in [-0.4, -0.2) is 4.98 Å². The summed E-state index contributed by atoms with van der Waals surface area (Å²) < 4.78 is 37.6. The lowest BCUT2D eigenvalue weighted by atomic mass is 9.92. The van der Waals surface area contributed by atoms with Crippen LogP contribution in [0.5, 0.6) is 0 Å². The summed E-state index contributed by atoms with van der Waals surface area (Å²) in [7, 11) is 0. The molecule has 1 atom stereocenters. The van der Waals surface area contributed by atoms with Gasteiger partial charge in [-0.15, -0.1) is 11.3 Å². The van der Waals surface area contributed by atoms with Crippen LogP contribution in [0.4, 0.5) is 13.2 Å². The maximum absolute atomic E-state index is 12.5. The molecule has 0 bridgehead atoms. The zero-order valence-corrected chi connectivity index (χ0v) is 11.4. The van der Waals surface area contributed by atoms with Crippen molar-refractivity contribution in [3.8, 4) is 0 Å². The van der Waals surface area contributed by atoms with Gasteiger partial charge in [0.15, 0.2) is 5.01 Å². The summed E-state index contributed by atoms with van der Waals surface area (Å²) in [4.78, 5) is 3.72. The van der Waals surface area contributed by atoms with Crippen LogP contribution in [0.2, 0.25) is 5.02 Å². The van der Waals surface area contributed by atoms with Crippen molar-refractivity contribution >= 4 is 22.9 Å². The molecule has 0 saturated carbocycles. The van der Waals surface area contributed by atoms with Gasteiger partial charge in [-0.3, -0.25) is 0 Å². The highest BCUT2D eigenvalue weighted by atomic mass is 35.5. The van der Waals surface area contributed by atoms with Crippen molar-refractivity contribution in [1.82, 2.24) is 4.98 Å². The van der Waals surface area contributed by atoms with E-state index in [1.165, 1.54) is 0 Å². The summed E-state index contributed by atoms with van der Waals surface area (Å²) in [5.41, 5.74) is 5.70. The minimum absolute atomic E-state index is 0.335. The number of thiazole rings is 1. The molecule has 0 aliphatic heterocycles. The van der Waals surface area contributed by atoms with E-state index in [-0.39, 0.29) is 0 Å². The Morgan fingerprint density at radius 3 is 2.53 bits per heavy atom. The lowest BCUT2D eigenvalue weighted by Crippen LogP contribution is -2.33. The first-order valence-electron chi connectivity index (χ1n) is 5.29. The van der Waals surface area contributed by atoms with Gasteiger partial charge in [0.25, 0.3) is 0 Å². The van der Waals surface area contributed by atoms with E-state index in [2.05, 4.69) is 4.98 Å². The average Bonchev–Trinajstić information content (AvgIpc) is 2.78. The minimum atomic E-state index is -4.45. The second-order valence-electron chi connectivity index (χ2n) is 4.24. The highest BCUT2D eigenvalue weighted by molar-refractivity contribution is 7.11. The standard InChI is InChI=1S/C12H10ClF3N2S/c1-11(17,7-3-2-4-8(13)5-7)9-6-18-10(19-9)12(14,15)16/h2-6H,17H2,1H3. The smallest absolute Gasteiger partial charge is 0.317 e. The van der Waals surface area contributed by atoms with Crippen LogP contribution in [0.3, 0.4) is 0 Å². The predicted molar refractivity (Wildman–Crippen MR) is 69.2 cm³/mol. The molecule has 2 rings (SSSR count). The molecule has 0 spiro atoms. The number of halogens is 4. The summed E-state index contributed by atoms with van der Waals surface area (Å²) in [5.74, 6) is 0. The average molecular weight is 307 g/mol. The quantitative estimate of drug-likeness (QED) is 0.909. The first-order valence-corrected chi connectivity index (χ1v) is 6.49. The molecule has 0 amide bonds. The van der Waals surface area contributed by atoms with Gasteiger partial charge in [-0.25, -0.2) is 4.98 Å². The zero-order chi connectivity index (χ0) is 14.3. The Hall–Kier alpha value is -1.11. The third-order valence-corrected chi connectivity index (χ3v) is 4.20. The largest absolute Gasteiger partial charge is 0.443 e. The number of alkyl halides is 3. The lowest BCUT2D eigenvalue weighted by molar-refractivity contribution is -0.137. The fraction of sp³-hybridized carbons (Fsp3) is 0.250. The molecule has 0 aliphatic rings. The van der Waals surface area contributed by atoms with Crippen LogP contribution in [0, 0.1) is 0 Å². The van der Waals surface area contributed by atoms with E-state index in [4.69, 9.17) is 17.3 Å². The second-order valence-corrected chi connectivity index (χ2v) is 5.71. The molecule has 102 valence electrons. The number of aromatic nitrogens is 1. The maximum atomic E-state index is 12.5. The fourth-order valence-electron chi connectivity index (χ4n) is 1.60. The number of nitrogens with two attached hydrogens (primary N) is 1. The van der Waals surface area contributed by atoms with Crippen molar-refractivity contribution in [3.63, 3.8) is 0 Å². The highest BCUT2D eigenvalue weighted by Crippen LogP contribution is 2.37. The third kappa shape index (κ3) is 2.91. The number of hydrogen-bond acceptors (Lipinski definition) is 3. The fourth-order valence-corrected chi connectivity index (χ4v) is 2.65. The van der Waals surface area contributed by atoms with E-state index in [1.54, 1.807) is 31.2 Å². The van der Waals surface area contributed by atoms with Gasteiger partial charge in [-0.2, -0.15) is 13.2 Å². The normalized spacial score (nSPS) is 15.3. The second kappa shape index (κ2) is 4.77. The molecule has 0 aliphatic carbocycles. The van der Waals surface area contributed by atoms with E-state index in [0.717, 1.165) is 6.20 Å². The lowest BCUT2D eigenvalue weighted by Gasteiger charge is -2.23. The predicted octanol–water partition coefficient (Wildman–Crippen LogP) is 4.04. The number of hydrogen-bond donors (Lipinski definition) is 1. The Morgan fingerprint density at radius 1 is 1.32 bits per heavy atom. The summed E-state index contributed by atoms with van der Waals surface area (Å²) in [5, 5.41) is -0.420. The molecule has 2 N–H and O–H groups in total. The number of benzene rings is 1. The Morgan fingerprint density at radius 2 is 2.00 bits per heavy atom. The summed E-state index contributed by atoms with van der Waals surface area (Å²) in [6, 6.07) is 6.73. The van der Waals surface area contributed by atoms with Crippen molar-refractivity contribution < 1.29 is 13.2 Å². The van der Waals surface area contributed by atoms with Crippen LogP contribution in [0.25, 0.3) is 0 Å². The van der Waals surface area contributed by atoms with E-state index in [0.29, 0.717) is 26.8 Å². The van der Waals surface area contributed by atoms with E-state index < -0.39 is 16.7 Å². The first-order chi connectivity index (χ1) is 8.71. The first kappa shape index (κ1) is 14.3. The summed E-state index contributed by atoms with van der Waals surface area (Å²) >= 11 is 6.41. The molecule has 1 unspecified atom stereocenters. The molecule has 1 aromatic heterocycles. The molecule has 19 heavy (non-hydrogen) atoms. The van der Waals surface area contributed by atoms with Gasteiger partial charge in [0, 0.05) is 16.1 Å².